The van der Waals surface area contributed by atoms with Crippen LogP contribution in [0.15, 0.2) is 18.2 Å². The first-order chi connectivity index (χ1) is 11.4. The van der Waals surface area contributed by atoms with Crippen LogP contribution in [0.5, 0.6) is 0 Å². The van der Waals surface area contributed by atoms with Gasteiger partial charge in [0.15, 0.2) is 0 Å². The van der Waals surface area contributed by atoms with Gasteiger partial charge in [0.05, 0.1) is 17.9 Å². The van der Waals surface area contributed by atoms with Gasteiger partial charge in [-0.05, 0) is 63.1 Å². The smallest absolute Gasteiger partial charge is 0.148 e. The Morgan fingerprint density at radius 2 is 1.83 bits per heavy atom. The first kappa shape index (κ1) is 16.2. The zero-order valence-electron chi connectivity index (χ0n) is 14.6. The van der Waals surface area contributed by atoms with Crippen molar-refractivity contribution < 1.29 is 9.13 Å². The second-order valence-corrected chi connectivity index (χ2v) is 8.25. The number of benzene rings is 1. The van der Waals surface area contributed by atoms with E-state index in [1.54, 1.807) is 6.07 Å². The van der Waals surface area contributed by atoms with E-state index < -0.39 is 0 Å². The molecule has 3 fully saturated rings. The largest absolute Gasteiger partial charge is 0.382 e. The van der Waals surface area contributed by atoms with Crippen molar-refractivity contribution in [1.29, 1.82) is 0 Å². The molecule has 1 heterocycles. The number of nitrogens with two attached hydrogens (primary N) is 1. The van der Waals surface area contributed by atoms with Gasteiger partial charge in [0.25, 0.3) is 0 Å². The Labute approximate surface area is 143 Å². The second kappa shape index (κ2) is 5.88. The third-order valence-corrected chi connectivity index (χ3v) is 5.83. The van der Waals surface area contributed by atoms with Crippen LogP contribution in [0.1, 0.15) is 39.5 Å². The zero-order valence-corrected chi connectivity index (χ0v) is 14.6. The Bertz CT molecular complexity index is 599. The number of nitrogens with zero attached hydrogens (tertiary/aromatic N) is 1. The first-order valence-electron chi connectivity index (χ1n) is 9.14. The predicted molar refractivity (Wildman–Crippen MR) is 94.9 cm³/mol. The molecule has 24 heavy (non-hydrogen) atoms. The van der Waals surface area contributed by atoms with Crippen LogP contribution in [0.25, 0.3) is 0 Å². The molecule has 0 bridgehead atoms. The number of rotatable bonds is 3. The molecule has 3 aliphatic rings. The highest BCUT2D eigenvalue weighted by Gasteiger charge is 2.51. The van der Waals surface area contributed by atoms with E-state index in [1.165, 1.54) is 12.8 Å². The van der Waals surface area contributed by atoms with Gasteiger partial charge in [0.2, 0.25) is 0 Å². The van der Waals surface area contributed by atoms with E-state index in [4.69, 9.17) is 10.5 Å². The maximum atomic E-state index is 14.6. The van der Waals surface area contributed by atoms with Crippen LogP contribution < -0.4 is 16.0 Å². The number of hydrogen-bond acceptors (Lipinski definition) is 4. The van der Waals surface area contributed by atoms with Crippen LogP contribution in [-0.2, 0) is 4.74 Å². The molecule has 132 valence electrons. The summed E-state index contributed by atoms with van der Waals surface area (Å²) in [5.74, 6) is -0.152. The maximum Gasteiger partial charge on any atom is 0.148 e. The first-order valence-corrected chi connectivity index (χ1v) is 9.14. The van der Waals surface area contributed by atoms with Crippen molar-refractivity contribution in [1.82, 2.24) is 0 Å². The van der Waals surface area contributed by atoms with E-state index in [0.29, 0.717) is 23.2 Å². The fourth-order valence-electron chi connectivity index (χ4n) is 4.94. The summed E-state index contributed by atoms with van der Waals surface area (Å²) in [5, 5.41) is 3.48. The lowest BCUT2D eigenvalue weighted by Crippen LogP contribution is -2.57. The highest BCUT2D eigenvalue weighted by atomic mass is 19.1. The molecule has 2 aliphatic carbocycles. The van der Waals surface area contributed by atoms with Crippen LogP contribution in [0, 0.1) is 11.2 Å². The van der Waals surface area contributed by atoms with Gasteiger partial charge < -0.3 is 20.7 Å². The Hall–Kier alpha value is -1.33. The van der Waals surface area contributed by atoms with Gasteiger partial charge in [0, 0.05) is 30.9 Å². The van der Waals surface area contributed by atoms with Crippen molar-refractivity contribution in [2.75, 3.05) is 23.3 Å². The van der Waals surface area contributed by atoms with Gasteiger partial charge in [0.1, 0.15) is 5.82 Å². The summed E-state index contributed by atoms with van der Waals surface area (Å²) in [6.07, 6.45) is 4.92. The Morgan fingerprint density at radius 1 is 1.17 bits per heavy atom. The molecule has 3 N–H and O–H groups in total. The second-order valence-electron chi connectivity index (χ2n) is 8.25. The minimum atomic E-state index is -0.152. The zero-order chi connectivity index (χ0) is 16.9. The van der Waals surface area contributed by atoms with Gasteiger partial charge in [-0.15, -0.1) is 0 Å². The standard InChI is InChI=1S/C19H28FN3O/c1-12-10-23(11-13(2)24-12)18-4-3-15(5-17(18)20)22-16-8-19(9-16)6-14(21)7-19/h3-5,12-14,16,22H,6-11,21H2,1-2H3. The molecule has 1 saturated heterocycles. The minimum absolute atomic E-state index is 0.131. The highest BCUT2D eigenvalue weighted by molar-refractivity contribution is 5.57. The summed E-state index contributed by atoms with van der Waals surface area (Å²) in [4.78, 5) is 2.09. The third kappa shape index (κ3) is 3.00. The van der Waals surface area contributed by atoms with Crippen molar-refractivity contribution in [3.63, 3.8) is 0 Å². The SMILES string of the molecule is CC1CN(c2ccc(NC3CC4(CC(N)C4)C3)cc2F)CC(C)O1. The lowest BCUT2D eigenvalue weighted by molar-refractivity contribution is -0.00539. The summed E-state index contributed by atoms with van der Waals surface area (Å²) >= 11 is 0. The number of morpholine rings is 1. The van der Waals surface area contributed by atoms with E-state index in [2.05, 4.69) is 10.2 Å². The molecular formula is C19H28FN3O. The fourth-order valence-corrected chi connectivity index (χ4v) is 4.94. The summed E-state index contributed by atoms with van der Waals surface area (Å²) in [5.41, 5.74) is 7.96. The molecule has 5 heteroatoms. The lowest BCUT2D eigenvalue weighted by Gasteiger charge is -2.57. The number of halogens is 1. The van der Waals surface area contributed by atoms with Crippen molar-refractivity contribution in [2.24, 2.45) is 11.1 Å². The highest BCUT2D eigenvalue weighted by Crippen LogP contribution is 2.55. The van der Waals surface area contributed by atoms with E-state index in [-0.39, 0.29) is 18.0 Å². The van der Waals surface area contributed by atoms with Crippen LogP contribution in [0.4, 0.5) is 15.8 Å². The number of anilines is 2. The van der Waals surface area contributed by atoms with Gasteiger partial charge in [-0.25, -0.2) is 4.39 Å². The third-order valence-electron chi connectivity index (χ3n) is 5.83. The molecule has 2 atom stereocenters. The number of hydrogen-bond donors (Lipinski definition) is 2. The number of ether oxygens (including phenoxy) is 1. The van der Waals surface area contributed by atoms with Gasteiger partial charge in [-0.2, -0.15) is 0 Å². The fraction of sp³-hybridized carbons (Fsp3) is 0.684. The molecular weight excluding hydrogens is 305 g/mol. The Balaban J connectivity index is 1.38. The minimum Gasteiger partial charge on any atom is -0.382 e. The molecule has 0 aromatic heterocycles. The molecule has 4 nitrogen and oxygen atoms in total. The van der Waals surface area contributed by atoms with Crippen molar-refractivity contribution >= 4 is 11.4 Å². The van der Waals surface area contributed by atoms with E-state index in [0.717, 1.165) is 31.6 Å². The van der Waals surface area contributed by atoms with E-state index >= 15 is 0 Å². The molecule has 0 radical (unpaired) electrons. The number of nitrogens with one attached hydrogen (secondary N) is 1. The summed E-state index contributed by atoms with van der Waals surface area (Å²) < 4.78 is 20.3. The summed E-state index contributed by atoms with van der Waals surface area (Å²) in [6, 6.07) is 6.40. The van der Waals surface area contributed by atoms with Gasteiger partial charge >= 0.3 is 0 Å². The Kier molecular flexibility index (Phi) is 3.96. The Morgan fingerprint density at radius 3 is 2.42 bits per heavy atom. The van der Waals surface area contributed by atoms with Crippen LogP contribution in [0.2, 0.25) is 0 Å². The molecule has 2 saturated carbocycles. The molecule has 4 rings (SSSR count). The van der Waals surface area contributed by atoms with Crippen molar-refractivity contribution in [3.05, 3.63) is 24.0 Å². The normalized spacial score (nSPS) is 38.6. The van der Waals surface area contributed by atoms with Gasteiger partial charge in [-0.3, -0.25) is 0 Å². The average molecular weight is 333 g/mol. The maximum absolute atomic E-state index is 14.6. The van der Waals surface area contributed by atoms with Gasteiger partial charge in [-0.1, -0.05) is 0 Å². The molecule has 1 aliphatic heterocycles. The molecule has 1 aromatic rings. The summed E-state index contributed by atoms with van der Waals surface area (Å²) in [7, 11) is 0. The predicted octanol–water partition coefficient (Wildman–Crippen LogP) is 3.12. The molecule has 0 amide bonds. The molecule has 2 unspecified atom stereocenters. The van der Waals surface area contributed by atoms with Crippen LogP contribution >= 0.6 is 0 Å². The van der Waals surface area contributed by atoms with Crippen molar-refractivity contribution in [3.8, 4) is 0 Å². The van der Waals surface area contributed by atoms with Crippen molar-refractivity contribution in [2.45, 2.75) is 63.8 Å². The van der Waals surface area contributed by atoms with Crippen LogP contribution in [-0.4, -0.2) is 37.4 Å². The van der Waals surface area contributed by atoms with E-state index in [1.807, 2.05) is 26.0 Å². The molecule has 1 aromatic carbocycles. The average Bonchev–Trinajstić information content (AvgIpc) is 2.42. The quantitative estimate of drug-likeness (QED) is 0.892. The molecule has 1 spiro atoms. The van der Waals surface area contributed by atoms with Crippen LogP contribution in [0.3, 0.4) is 0 Å². The lowest BCUT2D eigenvalue weighted by atomic mass is 9.52. The topological polar surface area (TPSA) is 50.5 Å². The monoisotopic (exact) mass is 333 g/mol. The van der Waals surface area contributed by atoms with E-state index in [9.17, 15) is 4.39 Å². The summed E-state index contributed by atoms with van der Waals surface area (Å²) in [6.45, 7) is 5.55.